The summed E-state index contributed by atoms with van der Waals surface area (Å²) in [6.07, 6.45) is 2.24. The van der Waals surface area contributed by atoms with Crippen molar-refractivity contribution in [2.24, 2.45) is 0 Å². The first-order valence-electron chi connectivity index (χ1n) is 5.07. The maximum absolute atomic E-state index is 11.1. The second-order valence-electron chi connectivity index (χ2n) is 3.31. The lowest BCUT2D eigenvalue weighted by atomic mass is 10.2. The summed E-state index contributed by atoms with van der Waals surface area (Å²) < 4.78 is 0. The van der Waals surface area contributed by atoms with E-state index in [4.69, 9.17) is 5.11 Å². The molecule has 0 saturated carbocycles. The van der Waals surface area contributed by atoms with E-state index in [9.17, 15) is 9.59 Å². The van der Waals surface area contributed by atoms with Crippen LogP contribution in [0.3, 0.4) is 0 Å². The van der Waals surface area contributed by atoms with Gasteiger partial charge < -0.3 is 10.4 Å². The molecule has 1 amide bonds. The predicted octanol–water partition coefficient (Wildman–Crippen LogP) is 0.605. The van der Waals surface area contributed by atoms with Crippen molar-refractivity contribution in [1.82, 2.24) is 10.3 Å². The summed E-state index contributed by atoms with van der Waals surface area (Å²) in [5, 5.41) is 11.0. The molecule has 1 aromatic heterocycles. The second-order valence-corrected chi connectivity index (χ2v) is 3.31. The van der Waals surface area contributed by atoms with E-state index in [-0.39, 0.29) is 18.7 Å². The van der Waals surface area contributed by atoms with Crippen molar-refractivity contribution >= 4 is 11.9 Å². The molecule has 1 rings (SSSR count). The monoisotopic (exact) mass is 222 g/mol. The normalized spacial score (nSPS) is 9.75. The molecule has 16 heavy (non-hydrogen) atoms. The minimum absolute atomic E-state index is 0.0253. The highest BCUT2D eigenvalue weighted by molar-refractivity contribution is 5.80. The molecule has 2 N–H and O–H groups in total. The Kier molecular flexibility index (Phi) is 4.98. The molecule has 0 aliphatic rings. The molecule has 0 radical (unpaired) electrons. The van der Waals surface area contributed by atoms with E-state index in [1.165, 1.54) is 0 Å². The van der Waals surface area contributed by atoms with Gasteiger partial charge in [-0.05, 0) is 12.1 Å². The van der Waals surface area contributed by atoms with Gasteiger partial charge in [0.05, 0.1) is 6.42 Å². The van der Waals surface area contributed by atoms with Crippen molar-refractivity contribution in [2.45, 2.75) is 19.3 Å². The number of nitrogens with zero attached hydrogens (tertiary/aromatic N) is 1. The molecule has 0 fully saturated rings. The fourth-order valence-corrected chi connectivity index (χ4v) is 1.18. The molecule has 0 spiro atoms. The van der Waals surface area contributed by atoms with Crippen molar-refractivity contribution < 1.29 is 14.7 Å². The molecule has 0 bridgehead atoms. The molecule has 86 valence electrons. The lowest BCUT2D eigenvalue weighted by Crippen LogP contribution is -2.26. The fraction of sp³-hybridized carbons (Fsp3) is 0.364. The Labute approximate surface area is 93.5 Å². The minimum Gasteiger partial charge on any atom is -0.481 e. The standard InChI is InChI=1S/C11H14N2O3/c14-10(4-5-11(15)16)13-8-6-9-3-1-2-7-12-9/h1-3,7H,4-6,8H2,(H,13,14)(H,15,16). The summed E-state index contributed by atoms with van der Waals surface area (Å²) >= 11 is 0. The Morgan fingerprint density at radius 3 is 2.75 bits per heavy atom. The summed E-state index contributed by atoms with van der Waals surface area (Å²) in [6.45, 7) is 0.482. The maximum Gasteiger partial charge on any atom is 0.303 e. The van der Waals surface area contributed by atoms with Gasteiger partial charge in [0.15, 0.2) is 0 Å². The van der Waals surface area contributed by atoms with Crippen molar-refractivity contribution in [3.63, 3.8) is 0 Å². The zero-order valence-corrected chi connectivity index (χ0v) is 8.85. The number of carboxylic acid groups (broad SMARTS) is 1. The number of carbonyl (C=O) groups is 2. The highest BCUT2D eigenvalue weighted by Gasteiger charge is 2.04. The lowest BCUT2D eigenvalue weighted by Gasteiger charge is -2.03. The van der Waals surface area contributed by atoms with Gasteiger partial charge in [-0.25, -0.2) is 0 Å². The van der Waals surface area contributed by atoms with Crippen molar-refractivity contribution in [3.05, 3.63) is 30.1 Å². The number of rotatable bonds is 6. The van der Waals surface area contributed by atoms with Gasteiger partial charge in [0.2, 0.25) is 5.91 Å². The average molecular weight is 222 g/mol. The highest BCUT2D eigenvalue weighted by Crippen LogP contribution is 1.94. The molecule has 0 unspecified atom stereocenters. The van der Waals surface area contributed by atoms with Gasteiger partial charge in [-0.2, -0.15) is 0 Å². The summed E-state index contributed by atoms with van der Waals surface area (Å²) in [5.74, 6) is -1.20. The van der Waals surface area contributed by atoms with Crippen LogP contribution in [0.1, 0.15) is 18.5 Å². The zero-order valence-electron chi connectivity index (χ0n) is 8.85. The van der Waals surface area contributed by atoms with E-state index >= 15 is 0 Å². The van der Waals surface area contributed by atoms with Crippen LogP contribution in [-0.2, 0) is 16.0 Å². The van der Waals surface area contributed by atoms with Crippen molar-refractivity contribution in [2.75, 3.05) is 6.54 Å². The SMILES string of the molecule is O=C(O)CCC(=O)NCCc1ccccn1. The number of pyridine rings is 1. The molecule has 1 aromatic rings. The molecule has 5 nitrogen and oxygen atoms in total. The van der Waals surface area contributed by atoms with E-state index in [2.05, 4.69) is 10.3 Å². The Morgan fingerprint density at radius 1 is 1.31 bits per heavy atom. The topological polar surface area (TPSA) is 79.3 Å². The number of carbonyl (C=O) groups excluding carboxylic acids is 1. The second kappa shape index (κ2) is 6.55. The predicted molar refractivity (Wildman–Crippen MR) is 57.8 cm³/mol. The molecule has 0 aliphatic heterocycles. The van der Waals surface area contributed by atoms with E-state index in [0.29, 0.717) is 13.0 Å². The number of carboxylic acids is 1. The lowest BCUT2D eigenvalue weighted by molar-refractivity contribution is -0.138. The van der Waals surface area contributed by atoms with Gasteiger partial charge >= 0.3 is 5.97 Å². The van der Waals surface area contributed by atoms with Gasteiger partial charge in [0.25, 0.3) is 0 Å². The third-order valence-electron chi connectivity index (χ3n) is 2.00. The van der Waals surface area contributed by atoms with Crippen molar-refractivity contribution in [3.8, 4) is 0 Å². The zero-order chi connectivity index (χ0) is 11.8. The number of hydrogen-bond donors (Lipinski definition) is 2. The van der Waals surface area contributed by atoms with Crippen LogP contribution < -0.4 is 5.32 Å². The van der Waals surface area contributed by atoms with Crippen LogP contribution in [0.25, 0.3) is 0 Å². The maximum atomic E-state index is 11.1. The van der Waals surface area contributed by atoms with Gasteiger partial charge in [0, 0.05) is 31.3 Å². The summed E-state index contributed by atoms with van der Waals surface area (Å²) in [5.41, 5.74) is 0.904. The number of amides is 1. The molecule has 5 heteroatoms. The Balaban J connectivity index is 2.16. The van der Waals surface area contributed by atoms with Crippen molar-refractivity contribution in [1.29, 1.82) is 0 Å². The largest absolute Gasteiger partial charge is 0.481 e. The highest BCUT2D eigenvalue weighted by atomic mass is 16.4. The molecular formula is C11H14N2O3. The number of aliphatic carboxylic acids is 1. The molecule has 0 aliphatic carbocycles. The molecular weight excluding hydrogens is 208 g/mol. The van der Waals surface area contributed by atoms with Gasteiger partial charge in [0.1, 0.15) is 0 Å². The van der Waals surface area contributed by atoms with E-state index in [1.54, 1.807) is 6.20 Å². The molecule has 0 aromatic carbocycles. The summed E-state index contributed by atoms with van der Waals surface area (Å²) in [4.78, 5) is 25.5. The Bertz CT molecular complexity index is 352. The number of aromatic nitrogens is 1. The Hall–Kier alpha value is -1.91. The third kappa shape index (κ3) is 5.09. The van der Waals surface area contributed by atoms with E-state index < -0.39 is 5.97 Å². The molecule has 1 heterocycles. The fourth-order valence-electron chi connectivity index (χ4n) is 1.18. The van der Waals surface area contributed by atoms with Crippen LogP contribution in [0.5, 0.6) is 0 Å². The first-order chi connectivity index (χ1) is 7.68. The van der Waals surface area contributed by atoms with Gasteiger partial charge in [-0.3, -0.25) is 14.6 Å². The smallest absolute Gasteiger partial charge is 0.303 e. The van der Waals surface area contributed by atoms with Crippen LogP contribution in [0.2, 0.25) is 0 Å². The van der Waals surface area contributed by atoms with Gasteiger partial charge in [-0.15, -0.1) is 0 Å². The molecule has 0 saturated heterocycles. The van der Waals surface area contributed by atoms with E-state index in [0.717, 1.165) is 5.69 Å². The molecule has 0 atom stereocenters. The van der Waals surface area contributed by atoms with Crippen LogP contribution in [0.15, 0.2) is 24.4 Å². The quantitative estimate of drug-likeness (QED) is 0.739. The summed E-state index contributed by atoms with van der Waals surface area (Å²) in [6, 6.07) is 5.59. The minimum atomic E-state index is -0.958. The number of hydrogen-bond acceptors (Lipinski definition) is 3. The van der Waals surface area contributed by atoms with Crippen LogP contribution in [-0.4, -0.2) is 28.5 Å². The average Bonchev–Trinajstić information content (AvgIpc) is 2.28. The third-order valence-corrected chi connectivity index (χ3v) is 2.00. The Morgan fingerprint density at radius 2 is 2.12 bits per heavy atom. The summed E-state index contributed by atoms with van der Waals surface area (Å²) in [7, 11) is 0. The number of nitrogens with one attached hydrogen (secondary N) is 1. The van der Waals surface area contributed by atoms with Crippen LogP contribution in [0, 0.1) is 0 Å². The van der Waals surface area contributed by atoms with E-state index in [1.807, 2.05) is 18.2 Å². The van der Waals surface area contributed by atoms with Crippen LogP contribution >= 0.6 is 0 Å². The van der Waals surface area contributed by atoms with Gasteiger partial charge in [-0.1, -0.05) is 6.07 Å². The first kappa shape index (κ1) is 12.2. The first-order valence-corrected chi connectivity index (χ1v) is 5.07. The van der Waals surface area contributed by atoms with Crippen LogP contribution in [0.4, 0.5) is 0 Å².